The first kappa shape index (κ1) is 22.7. The fraction of sp³-hybridized carbons (Fsp3) is 1.00. The summed E-state index contributed by atoms with van der Waals surface area (Å²) >= 11 is 3.46. The normalized spacial score (nSPS) is 10.5. The van der Waals surface area contributed by atoms with Crippen LogP contribution in [0.5, 0.6) is 0 Å². The van der Waals surface area contributed by atoms with Gasteiger partial charge in [0.1, 0.15) is 0 Å². The van der Waals surface area contributed by atoms with Crippen molar-refractivity contribution in [3.8, 4) is 0 Å². The molecule has 0 rings (SSSR count). The van der Waals surface area contributed by atoms with Crippen molar-refractivity contribution in [2.75, 3.05) is 25.0 Å². The van der Waals surface area contributed by atoms with Crippen LogP contribution in [0.3, 0.4) is 0 Å². The molecule has 0 aliphatic rings. The Bertz CT molecular complexity index is 131. The van der Waals surface area contributed by atoms with Gasteiger partial charge in [0.05, 0.1) is 0 Å². The standard InChI is InChI=1S/C12H25Br.C6H15N/c1-2-3-4-5-6-7-8-9-10-11-12-13;1-4-7(5-2)6-3/h2-12H2,1H3;4-6H2,1-3H3. The van der Waals surface area contributed by atoms with E-state index in [-0.39, 0.29) is 0 Å². The van der Waals surface area contributed by atoms with E-state index in [1.54, 1.807) is 0 Å². The lowest BCUT2D eigenvalue weighted by atomic mass is 10.1. The van der Waals surface area contributed by atoms with Crippen LogP contribution in [0.2, 0.25) is 0 Å². The maximum atomic E-state index is 3.46. The molecule has 0 aromatic carbocycles. The van der Waals surface area contributed by atoms with Gasteiger partial charge in [0.2, 0.25) is 0 Å². The predicted molar refractivity (Wildman–Crippen MR) is 99.1 cm³/mol. The molecule has 0 unspecified atom stereocenters. The molecule has 0 atom stereocenters. The van der Waals surface area contributed by atoms with Gasteiger partial charge in [0.15, 0.2) is 0 Å². The van der Waals surface area contributed by atoms with Crippen LogP contribution in [0.25, 0.3) is 0 Å². The van der Waals surface area contributed by atoms with Gasteiger partial charge in [-0.15, -0.1) is 0 Å². The summed E-state index contributed by atoms with van der Waals surface area (Å²) in [5.41, 5.74) is 0. The Morgan fingerprint density at radius 2 is 0.900 bits per heavy atom. The third-order valence-corrected chi connectivity index (χ3v) is 4.39. The zero-order valence-corrected chi connectivity index (χ0v) is 16.3. The highest BCUT2D eigenvalue weighted by molar-refractivity contribution is 9.09. The summed E-state index contributed by atoms with van der Waals surface area (Å²) < 4.78 is 0. The van der Waals surface area contributed by atoms with Crippen LogP contribution in [0, 0.1) is 0 Å². The number of halogens is 1. The fourth-order valence-electron chi connectivity index (χ4n) is 2.25. The second-order valence-electron chi connectivity index (χ2n) is 5.49. The molecule has 124 valence electrons. The van der Waals surface area contributed by atoms with Crippen molar-refractivity contribution >= 4 is 15.9 Å². The highest BCUT2D eigenvalue weighted by Crippen LogP contribution is 2.10. The minimum atomic E-state index is 1.18. The average molecular weight is 350 g/mol. The molecule has 0 spiro atoms. The van der Waals surface area contributed by atoms with Gasteiger partial charge in [0, 0.05) is 5.33 Å². The van der Waals surface area contributed by atoms with Gasteiger partial charge in [-0.25, -0.2) is 0 Å². The van der Waals surface area contributed by atoms with E-state index >= 15 is 0 Å². The smallest absolute Gasteiger partial charge is 0.00313 e. The van der Waals surface area contributed by atoms with Gasteiger partial charge in [-0.2, -0.15) is 0 Å². The second-order valence-corrected chi connectivity index (χ2v) is 6.28. The maximum Gasteiger partial charge on any atom is 0.00313 e. The lowest BCUT2D eigenvalue weighted by molar-refractivity contribution is 0.321. The first-order valence-electron chi connectivity index (χ1n) is 9.04. The van der Waals surface area contributed by atoms with Gasteiger partial charge in [-0.05, 0) is 26.1 Å². The summed E-state index contributed by atoms with van der Waals surface area (Å²) in [6.45, 7) is 12.4. The predicted octanol–water partition coefficient (Wildman–Crippen LogP) is 6.65. The van der Waals surface area contributed by atoms with Gasteiger partial charge >= 0.3 is 0 Å². The number of rotatable bonds is 13. The van der Waals surface area contributed by atoms with Crippen LogP contribution in [0.4, 0.5) is 0 Å². The molecule has 0 aromatic heterocycles. The van der Waals surface area contributed by atoms with Crippen molar-refractivity contribution in [1.29, 1.82) is 0 Å². The Balaban J connectivity index is 0. The minimum Gasteiger partial charge on any atom is -0.304 e. The van der Waals surface area contributed by atoms with E-state index in [2.05, 4.69) is 48.5 Å². The maximum absolute atomic E-state index is 3.46. The Kier molecular flexibility index (Phi) is 24.7. The lowest BCUT2D eigenvalue weighted by Crippen LogP contribution is -2.21. The van der Waals surface area contributed by atoms with E-state index in [1.807, 2.05) is 0 Å². The van der Waals surface area contributed by atoms with Crippen LogP contribution in [-0.4, -0.2) is 29.9 Å². The molecule has 0 aromatic rings. The van der Waals surface area contributed by atoms with Crippen molar-refractivity contribution in [3.05, 3.63) is 0 Å². The van der Waals surface area contributed by atoms with E-state index < -0.39 is 0 Å². The Hall–Kier alpha value is 0.440. The van der Waals surface area contributed by atoms with Crippen molar-refractivity contribution in [2.24, 2.45) is 0 Å². The van der Waals surface area contributed by atoms with E-state index in [0.29, 0.717) is 0 Å². The fourth-order valence-corrected chi connectivity index (χ4v) is 2.65. The second kappa shape index (κ2) is 21.7. The van der Waals surface area contributed by atoms with Gasteiger partial charge in [-0.1, -0.05) is 101 Å². The number of nitrogens with zero attached hydrogens (tertiary/aromatic N) is 1. The topological polar surface area (TPSA) is 3.24 Å². The largest absolute Gasteiger partial charge is 0.304 e. The van der Waals surface area contributed by atoms with Gasteiger partial charge in [-0.3, -0.25) is 0 Å². The van der Waals surface area contributed by atoms with Gasteiger partial charge in [0.25, 0.3) is 0 Å². The molecule has 0 heterocycles. The Morgan fingerprint density at radius 1 is 0.550 bits per heavy atom. The molecule has 0 bridgehead atoms. The Morgan fingerprint density at radius 3 is 1.15 bits per heavy atom. The van der Waals surface area contributed by atoms with Crippen molar-refractivity contribution in [1.82, 2.24) is 4.90 Å². The third-order valence-electron chi connectivity index (χ3n) is 3.83. The molecular weight excluding hydrogens is 310 g/mol. The minimum absolute atomic E-state index is 1.18. The number of hydrogen-bond donors (Lipinski definition) is 0. The van der Waals surface area contributed by atoms with Crippen LogP contribution in [0.15, 0.2) is 0 Å². The van der Waals surface area contributed by atoms with Crippen molar-refractivity contribution < 1.29 is 0 Å². The lowest BCUT2D eigenvalue weighted by Gasteiger charge is -2.13. The quantitative estimate of drug-likeness (QED) is 0.265. The molecule has 0 aliphatic heterocycles. The van der Waals surface area contributed by atoms with Crippen LogP contribution in [0.1, 0.15) is 91.9 Å². The highest BCUT2D eigenvalue weighted by atomic mass is 79.9. The molecule has 0 saturated heterocycles. The Labute approximate surface area is 138 Å². The molecule has 0 aliphatic carbocycles. The average Bonchev–Trinajstić information content (AvgIpc) is 2.48. The SMILES string of the molecule is CCCCCCCCCCCCBr.CCN(CC)CC. The van der Waals surface area contributed by atoms with E-state index in [0.717, 1.165) is 0 Å². The zero-order valence-electron chi connectivity index (χ0n) is 14.7. The van der Waals surface area contributed by atoms with Crippen LogP contribution in [-0.2, 0) is 0 Å². The van der Waals surface area contributed by atoms with E-state index in [4.69, 9.17) is 0 Å². The van der Waals surface area contributed by atoms with Crippen LogP contribution < -0.4 is 0 Å². The first-order valence-corrected chi connectivity index (χ1v) is 10.2. The number of hydrogen-bond acceptors (Lipinski definition) is 1. The molecule has 20 heavy (non-hydrogen) atoms. The summed E-state index contributed by atoms with van der Waals surface area (Å²) in [4.78, 5) is 2.38. The van der Waals surface area contributed by atoms with E-state index in [9.17, 15) is 0 Å². The van der Waals surface area contributed by atoms with Crippen molar-refractivity contribution in [3.63, 3.8) is 0 Å². The molecule has 0 saturated carbocycles. The zero-order chi connectivity index (χ0) is 15.5. The molecule has 0 N–H and O–H groups in total. The molecule has 0 amide bonds. The molecular formula is C18H40BrN. The summed E-state index contributed by atoms with van der Waals surface area (Å²) in [5.74, 6) is 0. The van der Waals surface area contributed by atoms with Gasteiger partial charge < -0.3 is 4.90 Å². The van der Waals surface area contributed by atoms with Crippen LogP contribution >= 0.6 is 15.9 Å². The third kappa shape index (κ3) is 20.8. The number of alkyl halides is 1. The molecule has 2 heteroatoms. The molecule has 0 radical (unpaired) electrons. The molecule has 0 fully saturated rings. The first-order chi connectivity index (χ1) is 9.76. The summed E-state index contributed by atoms with van der Waals surface area (Å²) in [6.07, 6.45) is 14.3. The van der Waals surface area contributed by atoms with E-state index in [1.165, 1.54) is 89.2 Å². The monoisotopic (exact) mass is 349 g/mol. The van der Waals surface area contributed by atoms with Crippen molar-refractivity contribution in [2.45, 2.75) is 91.9 Å². The summed E-state index contributed by atoms with van der Waals surface area (Å²) in [6, 6.07) is 0. The summed E-state index contributed by atoms with van der Waals surface area (Å²) in [5, 5.41) is 1.18. The molecule has 1 nitrogen and oxygen atoms in total. The summed E-state index contributed by atoms with van der Waals surface area (Å²) in [7, 11) is 0. The highest BCUT2D eigenvalue weighted by Gasteiger charge is 1.91. The number of unbranched alkanes of at least 4 members (excludes halogenated alkanes) is 9.